The second-order valence-electron chi connectivity index (χ2n) is 9.84. The van der Waals surface area contributed by atoms with E-state index in [2.05, 4.69) is 11.1 Å². The first-order valence-electron chi connectivity index (χ1n) is 12.3. The molecule has 200 valence electrons. The second-order valence-corrected chi connectivity index (χ2v) is 10.9. The van der Waals surface area contributed by atoms with Crippen LogP contribution in [0.3, 0.4) is 0 Å². The third-order valence-electron chi connectivity index (χ3n) is 5.65. The summed E-state index contributed by atoms with van der Waals surface area (Å²) >= 11 is 1.52. The number of benzene rings is 2. The average Bonchev–Trinajstić information content (AvgIpc) is 3.30. The van der Waals surface area contributed by atoms with E-state index in [4.69, 9.17) is 19.9 Å². The summed E-state index contributed by atoms with van der Waals surface area (Å²) in [6.45, 7) is 6.94. The molecule has 2 N–H and O–H groups in total. The molecular weight excluding hydrogens is 505 g/mol. The van der Waals surface area contributed by atoms with E-state index in [0.717, 1.165) is 26.2 Å². The number of hydrogen-bond donors (Lipinski definition) is 1. The van der Waals surface area contributed by atoms with E-state index < -0.39 is 11.4 Å². The first-order chi connectivity index (χ1) is 18.1. The number of aromatic nitrogens is 1. The highest BCUT2D eigenvalue weighted by Gasteiger charge is 2.22. The molecule has 0 fully saturated rings. The number of anilines is 1. The van der Waals surface area contributed by atoms with Crippen LogP contribution in [0.25, 0.3) is 20.7 Å². The molecule has 38 heavy (non-hydrogen) atoms. The molecule has 0 aliphatic carbocycles. The van der Waals surface area contributed by atoms with Gasteiger partial charge in [0.05, 0.1) is 16.8 Å². The van der Waals surface area contributed by atoms with Gasteiger partial charge in [0.1, 0.15) is 11.4 Å². The van der Waals surface area contributed by atoms with Crippen LogP contribution in [0.1, 0.15) is 26.3 Å². The third kappa shape index (κ3) is 6.99. The lowest BCUT2D eigenvalue weighted by atomic mass is 10.1. The standard InChI is InChI=1S/C29H32FN3O4S/c1-29(2,3)37-28(34)33(14-15-35-4)13-11-19-6-5-7-20(16-19)26-18-23-27(38-26)25(10-12-32-23)36-24-9-8-21(31)17-22(24)30/h5-10,12,16-18H,11,13-15,31H2,1-4H3. The maximum Gasteiger partial charge on any atom is 0.410 e. The molecule has 2 heterocycles. The number of hydrogen-bond acceptors (Lipinski definition) is 7. The Morgan fingerprint density at radius 2 is 1.89 bits per heavy atom. The smallest absolute Gasteiger partial charge is 0.410 e. The Kier molecular flexibility index (Phi) is 8.48. The Morgan fingerprint density at radius 3 is 2.63 bits per heavy atom. The highest BCUT2D eigenvalue weighted by molar-refractivity contribution is 7.22. The highest BCUT2D eigenvalue weighted by Crippen LogP contribution is 2.39. The summed E-state index contributed by atoms with van der Waals surface area (Å²) in [5, 5.41) is 0. The maximum atomic E-state index is 14.3. The fourth-order valence-corrected chi connectivity index (χ4v) is 4.88. The van der Waals surface area contributed by atoms with Crippen molar-refractivity contribution in [3.8, 4) is 21.9 Å². The minimum Gasteiger partial charge on any atom is -0.453 e. The van der Waals surface area contributed by atoms with E-state index in [1.807, 2.05) is 45.0 Å². The summed E-state index contributed by atoms with van der Waals surface area (Å²) < 4.78 is 31.8. The van der Waals surface area contributed by atoms with Gasteiger partial charge in [0.15, 0.2) is 11.6 Å². The third-order valence-corrected chi connectivity index (χ3v) is 6.84. The van der Waals surface area contributed by atoms with E-state index in [1.54, 1.807) is 30.3 Å². The zero-order valence-electron chi connectivity index (χ0n) is 22.0. The molecule has 4 rings (SSSR count). The number of carbonyl (C=O) groups excluding carboxylic acids is 1. The van der Waals surface area contributed by atoms with Gasteiger partial charge >= 0.3 is 6.09 Å². The van der Waals surface area contributed by atoms with Crippen LogP contribution in [0.15, 0.2) is 60.8 Å². The first kappa shape index (κ1) is 27.3. The molecule has 0 radical (unpaired) electrons. The summed E-state index contributed by atoms with van der Waals surface area (Å²) in [4.78, 5) is 19.8. The number of halogens is 1. The summed E-state index contributed by atoms with van der Waals surface area (Å²) in [6, 6.07) is 16.2. The van der Waals surface area contributed by atoms with Gasteiger partial charge in [-0.3, -0.25) is 4.98 Å². The van der Waals surface area contributed by atoms with Crippen LogP contribution >= 0.6 is 11.3 Å². The van der Waals surface area contributed by atoms with Crippen molar-refractivity contribution in [3.63, 3.8) is 0 Å². The molecule has 2 aromatic heterocycles. The number of nitrogens with zero attached hydrogens (tertiary/aromatic N) is 2. The number of ether oxygens (including phenoxy) is 3. The van der Waals surface area contributed by atoms with E-state index in [9.17, 15) is 9.18 Å². The number of fused-ring (bicyclic) bond motifs is 1. The molecule has 0 saturated carbocycles. The second kappa shape index (κ2) is 11.8. The molecule has 9 heteroatoms. The lowest BCUT2D eigenvalue weighted by Gasteiger charge is -2.27. The Balaban J connectivity index is 1.53. The number of methoxy groups -OCH3 is 1. The summed E-state index contributed by atoms with van der Waals surface area (Å²) in [7, 11) is 1.61. The quantitative estimate of drug-likeness (QED) is 0.234. The molecule has 0 saturated heterocycles. The zero-order valence-corrected chi connectivity index (χ0v) is 22.8. The topological polar surface area (TPSA) is 86.9 Å². The van der Waals surface area contributed by atoms with Crippen LogP contribution in [0.5, 0.6) is 11.5 Å². The number of nitrogen functional groups attached to an aromatic ring is 1. The van der Waals surface area contributed by atoms with E-state index in [0.29, 0.717) is 37.6 Å². The number of pyridine rings is 1. The molecule has 0 bridgehead atoms. The predicted octanol–water partition coefficient (Wildman–Crippen LogP) is 6.90. The minimum absolute atomic E-state index is 0.103. The van der Waals surface area contributed by atoms with Gasteiger partial charge in [-0.15, -0.1) is 11.3 Å². The molecule has 0 aliphatic rings. The zero-order chi connectivity index (χ0) is 27.3. The van der Waals surface area contributed by atoms with Crippen molar-refractivity contribution in [2.45, 2.75) is 32.8 Å². The molecule has 0 aliphatic heterocycles. The van der Waals surface area contributed by atoms with Crippen LogP contribution in [0, 0.1) is 5.82 Å². The minimum atomic E-state index is -0.570. The van der Waals surface area contributed by atoms with E-state index in [1.165, 1.54) is 23.5 Å². The van der Waals surface area contributed by atoms with Gasteiger partial charge in [-0.2, -0.15) is 0 Å². The Hall–Kier alpha value is -3.69. The SMILES string of the molecule is COCCN(CCc1cccc(-c2cc3nccc(Oc4ccc(N)cc4F)c3s2)c1)C(=O)OC(C)(C)C. The largest absolute Gasteiger partial charge is 0.453 e. The van der Waals surface area contributed by atoms with Crippen LogP contribution in [0.4, 0.5) is 14.9 Å². The van der Waals surface area contributed by atoms with Crippen molar-refractivity contribution in [3.05, 3.63) is 72.2 Å². The van der Waals surface area contributed by atoms with E-state index in [-0.39, 0.29) is 11.8 Å². The van der Waals surface area contributed by atoms with Crippen LogP contribution in [-0.4, -0.2) is 48.4 Å². The Labute approximate surface area is 226 Å². The van der Waals surface area contributed by atoms with Gasteiger partial charge in [-0.25, -0.2) is 9.18 Å². The number of thiophene rings is 1. The van der Waals surface area contributed by atoms with Crippen LogP contribution in [-0.2, 0) is 15.9 Å². The molecule has 1 amide bonds. The lowest BCUT2D eigenvalue weighted by molar-refractivity contribution is 0.0204. The van der Waals surface area contributed by atoms with Crippen molar-refractivity contribution in [2.24, 2.45) is 0 Å². The predicted molar refractivity (Wildman–Crippen MR) is 149 cm³/mol. The number of rotatable bonds is 9. The monoisotopic (exact) mass is 537 g/mol. The summed E-state index contributed by atoms with van der Waals surface area (Å²) in [6.07, 6.45) is 1.95. The Morgan fingerprint density at radius 1 is 1.08 bits per heavy atom. The Bertz CT molecular complexity index is 1420. The molecular formula is C29H32FN3O4S. The summed E-state index contributed by atoms with van der Waals surface area (Å²) in [5.41, 5.74) is 8.29. The van der Waals surface area contributed by atoms with E-state index >= 15 is 0 Å². The average molecular weight is 538 g/mol. The molecule has 4 aromatic rings. The molecule has 0 atom stereocenters. The maximum absolute atomic E-state index is 14.3. The molecule has 7 nitrogen and oxygen atoms in total. The van der Waals surface area contributed by atoms with Gasteiger partial charge in [-0.1, -0.05) is 24.3 Å². The van der Waals surface area contributed by atoms with Crippen molar-refractivity contribution < 1.29 is 23.4 Å². The van der Waals surface area contributed by atoms with Crippen LogP contribution in [0.2, 0.25) is 0 Å². The summed E-state index contributed by atoms with van der Waals surface area (Å²) in [5.74, 6) is 0.106. The number of carbonyl (C=O) groups is 1. The number of nitrogens with two attached hydrogens (primary N) is 1. The number of amides is 1. The van der Waals surface area contributed by atoms with Gasteiger partial charge in [0, 0.05) is 49.1 Å². The fraction of sp³-hybridized carbons (Fsp3) is 0.310. The normalized spacial score (nSPS) is 11.5. The van der Waals surface area contributed by atoms with Crippen molar-refractivity contribution in [1.29, 1.82) is 0 Å². The van der Waals surface area contributed by atoms with Crippen LogP contribution < -0.4 is 10.5 Å². The highest BCUT2D eigenvalue weighted by atomic mass is 32.1. The molecule has 0 spiro atoms. The van der Waals surface area contributed by atoms with Gasteiger partial charge < -0.3 is 24.8 Å². The van der Waals surface area contributed by atoms with Gasteiger partial charge in [0.2, 0.25) is 0 Å². The van der Waals surface area contributed by atoms with Crippen molar-refractivity contribution in [1.82, 2.24) is 9.88 Å². The lowest BCUT2D eigenvalue weighted by Crippen LogP contribution is -2.39. The van der Waals surface area contributed by atoms with Crippen molar-refractivity contribution in [2.75, 3.05) is 32.5 Å². The first-order valence-corrected chi connectivity index (χ1v) is 13.1. The molecule has 0 unspecified atom stereocenters. The van der Waals surface area contributed by atoms with Crippen molar-refractivity contribution >= 4 is 33.3 Å². The fourth-order valence-electron chi connectivity index (χ4n) is 3.82. The van der Waals surface area contributed by atoms with Gasteiger partial charge in [-0.05, 0) is 56.5 Å². The van der Waals surface area contributed by atoms with Gasteiger partial charge in [0.25, 0.3) is 0 Å². The molecule has 2 aromatic carbocycles.